The standard InChI is InChI=1S/C22H34FN3O/c1-5-17(4)24-21(27)25-12-10-22(11-13-25)15-26(14-16(2)3)20(22)18-6-8-19(23)9-7-18/h6-9,16-17,20H,5,10-15H2,1-4H3,(H,24,27)/t17-,20?/m1/s1. The van der Waals surface area contributed by atoms with Crippen LogP contribution in [0.5, 0.6) is 0 Å². The molecule has 5 heteroatoms. The third kappa shape index (κ3) is 4.29. The summed E-state index contributed by atoms with van der Waals surface area (Å²) in [5, 5.41) is 3.08. The highest BCUT2D eigenvalue weighted by atomic mass is 19.1. The van der Waals surface area contributed by atoms with E-state index in [0.717, 1.165) is 45.4 Å². The van der Waals surface area contributed by atoms with Crippen molar-refractivity contribution >= 4 is 6.03 Å². The van der Waals surface area contributed by atoms with Crippen molar-refractivity contribution in [2.45, 2.75) is 59.0 Å². The number of halogens is 1. The molecule has 1 spiro atoms. The summed E-state index contributed by atoms with van der Waals surface area (Å²) in [6.07, 6.45) is 2.97. The van der Waals surface area contributed by atoms with Gasteiger partial charge in [0.2, 0.25) is 0 Å². The highest BCUT2D eigenvalue weighted by molar-refractivity contribution is 5.74. The van der Waals surface area contributed by atoms with Gasteiger partial charge in [-0.15, -0.1) is 0 Å². The second kappa shape index (κ2) is 8.17. The van der Waals surface area contributed by atoms with Gasteiger partial charge in [0, 0.05) is 43.7 Å². The average molecular weight is 376 g/mol. The number of hydrogen-bond acceptors (Lipinski definition) is 2. The Morgan fingerprint density at radius 2 is 1.85 bits per heavy atom. The van der Waals surface area contributed by atoms with Gasteiger partial charge in [-0.1, -0.05) is 32.9 Å². The molecule has 0 aromatic heterocycles. The van der Waals surface area contributed by atoms with E-state index in [4.69, 9.17) is 0 Å². The SMILES string of the molecule is CC[C@@H](C)NC(=O)N1CCC2(CC1)CN(CC(C)C)C2c1ccc(F)cc1. The first kappa shape index (κ1) is 20.1. The van der Waals surface area contributed by atoms with Crippen molar-refractivity contribution in [2.24, 2.45) is 11.3 Å². The van der Waals surface area contributed by atoms with E-state index in [9.17, 15) is 9.18 Å². The second-order valence-corrected chi connectivity index (χ2v) is 8.89. The number of benzene rings is 1. The molecule has 2 atom stereocenters. The monoisotopic (exact) mass is 375 g/mol. The Labute approximate surface area is 163 Å². The molecule has 0 saturated carbocycles. The van der Waals surface area contributed by atoms with Crippen LogP contribution in [0.25, 0.3) is 0 Å². The molecule has 0 radical (unpaired) electrons. The Balaban J connectivity index is 1.69. The summed E-state index contributed by atoms with van der Waals surface area (Å²) < 4.78 is 13.4. The summed E-state index contributed by atoms with van der Waals surface area (Å²) in [4.78, 5) is 16.9. The first-order valence-electron chi connectivity index (χ1n) is 10.4. The second-order valence-electron chi connectivity index (χ2n) is 8.89. The van der Waals surface area contributed by atoms with E-state index in [0.29, 0.717) is 12.0 Å². The normalized spacial score (nSPS) is 23.3. The molecule has 4 nitrogen and oxygen atoms in total. The van der Waals surface area contributed by atoms with Gasteiger partial charge in [-0.25, -0.2) is 9.18 Å². The Bertz CT molecular complexity index is 637. The fourth-order valence-electron chi connectivity index (χ4n) is 4.70. The van der Waals surface area contributed by atoms with Crippen LogP contribution in [0.1, 0.15) is 58.6 Å². The topological polar surface area (TPSA) is 35.6 Å². The van der Waals surface area contributed by atoms with Crippen LogP contribution >= 0.6 is 0 Å². The van der Waals surface area contributed by atoms with E-state index < -0.39 is 0 Å². The third-order valence-corrected chi connectivity index (χ3v) is 6.28. The number of carbonyl (C=O) groups is 1. The fourth-order valence-corrected chi connectivity index (χ4v) is 4.70. The van der Waals surface area contributed by atoms with Gasteiger partial charge in [-0.2, -0.15) is 0 Å². The molecular formula is C22H34FN3O. The number of likely N-dealkylation sites (tertiary alicyclic amines) is 2. The summed E-state index contributed by atoms with van der Waals surface area (Å²) >= 11 is 0. The first-order valence-corrected chi connectivity index (χ1v) is 10.4. The van der Waals surface area contributed by atoms with Crippen LogP contribution in [-0.4, -0.2) is 48.1 Å². The number of nitrogens with zero attached hydrogens (tertiary/aromatic N) is 2. The van der Waals surface area contributed by atoms with Crippen molar-refractivity contribution in [3.8, 4) is 0 Å². The predicted octanol–water partition coefficient (Wildman–Crippen LogP) is 4.43. The predicted molar refractivity (Wildman–Crippen MR) is 107 cm³/mol. The first-order chi connectivity index (χ1) is 12.8. The van der Waals surface area contributed by atoms with Gasteiger partial charge in [-0.3, -0.25) is 4.90 Å². The van der Waals surface area contributed by atoms with Crippen molar-refractivity contribution in [2.75, 3.05) is 26.2 Å². The molecule has 2 heterocycles. The Morgan fingerprint density at radius 3 is 2.41 bits per heavy atom. The largest absolute Gasteiger partial charge is 0.336 e. The van der Waals surface area contributed by atoms with E-state index in [1.54, 1.807) is 12.1 Å². The van der Waals surface area contributed by atoms with Crippen LogP contribution in [0.3, 0.4) is 0 Å². The zero-order valence-corrected chi connectivity index (χ0v) is 17.2. The van der Waals surface area contributed by atoms with E-state index in [1.165, 1.54) is 5.56 Å². The number of amides is 2. The molecule has 1 aromatic rings. The Morgan fingerprint density at radius 1 is 1.22 bits per heavy atom. The molecule has 150 valence electrons. The molecule has 27 heavy (non-hydrogen) atoms. The maximum Gasteiger partial charge on any atom is 0.317 e. The lowest BCUT2D eigenvalue weighted by Gasteiger charge is -2.61. The van der Waals surface area contributed by atoms with Gasteiger partial charge >= 0.3 is 6.03 Å². The zero-order valence-electron chi connectivity index (χ0n) is 17.2. The molecule has 2 aliphatic heterocycles. The van der Waals surface area contributed by atoms with Gasteiger partial charge in [-0.05, 0) is 49.8 Å². The molecule has 0 aliphatic carbocycles. The number of hydrogen-bond donors (Lipinski definition) is 1. The zero-order chi connectivity index (χ0) is 19.6. The molecule has 2 aliphatic rings. The van der Waals surface area contributed by atoms with Gasteiger partial charge < -0.3 is 10.2 Å². The van der Waals surface area contributed by atoms with Gasteiger partial charge in [0.1, 0.15) is 5.82 Å². The van der Waals surface area contributed by atoms with Gasteiger partial charge in [0.05, 0.1) is 0 Å². The smallest absolute Gasteiger partial charge is 0.317 e. The van der Waals surface area contributed by atoms with Crippen LogP contribution in [0.15, 0.2) is 24.3 Å². The van der Waals surface area contributed by atoms with Crippen molar-refractivity contribution in [3.05, 3.63) is 35.6 Å². The summed E-state index contributed by atoms with van der Waals surface area (Å²) in [6, 6.07) is 7.64. The van der Waals surface area contributed by atoms with Crippen LogP contribution in [-0.2, 0) is 0 Å². The van der Waals surface area contributed by atoms with E-state index in [2.05, 4.69) is 31.0 Å². The molecule has 2 saturated heterocycles. The summed E-state index contributed by atoms with van der Waals surface area (Å²) in [5.74, 6) is 0.422. The van der Waals surface area contributed by atoms with E-state index in [-0.39, 0.29) is 23.3 Å². The highest BCUT2D eigenvalue weighted by Crippen LogP contribution is 2.55. The molecular weight excluding hydrogens is 341 g/mol. The molecule has 1 unspecified atom stereocenters. The van der Waals surface area contributed by atoms with Crippen molar-refractivity contribution in [3.63, 3.8) is 0 Å². The minimum absolute atomic E-state index is 0.0656. The molecule has 1 aromatic carbocycles. The van der Waals surface area contributed by atoms with E-state index in [1.807, 2.05) is 24.0 Å². The third-order valence-electron chi connectivity index (χ3n) is 6.28. The van der Waals surface area contributed by atoms with Crippen molar-refractivity contribution in [1.29, 1.82) is 0 Å². The van der Waals surface area contributed by atoms with Crippen LogP contribution in [0, 0.1) is 17.2 Å². The van der Waals surface area contributed by atoms with Crippen LogP contribution in [0.4, 0.5) is 9.18 Å². The van der Waals surface area contributed by atoms with Gasteiger partial charge in [0.25, 0.3) is 0 Å². The average Bonchev–Trinajstić information content (AvgIpc) is 2.63. The lowest BCUT2D eigenvalue weighted by molar-refractivity contribution is -0.112. The molecule has 2 amide bonds. The molecule has 3 rings (SSSR count). The minimum atomic E-state index is -0.181. The minimum Gasteiger partial charge on any atom is -0.336 e. The van der Waals surface area contributed by atoms with Crippen molar-refractivity contribution < 1.29 is 9.18 Å². The summed E-state index contributed by atoms with van der Waals surface area (Å²) in [6.45, 7) is 12.4. The van der Waals surface area contributed by atoms with Gasteiger partial charge in [0.15, 0.2) is 0 Å². The van der Waals surface area contributed by atoms with Crippen molar-refractivity contribution in [1.82, 2.24) is 15.1 Å². The quantitative estimate of drug-likeness (QED) is 0.826. The summed E-state index contributed by atoms with van der Waals surface area (Å²) in [5.41, 5.74) is 1.42. The maximum absolute atomic E-state index is 13.4. The Hall–Kier alpha value is -1.62. The Kier molecular flexibility index (Phi) is 6.09. The van der Waals surface area contributed by atoms with Crippen LogP contribution in [0.2, 0.25) is 0 Å². The lowest BCUT2D eigenvalue weighted by atomic mass is 9.63. The maximum atomic E-state index is 13.4. The summed E-state index contributed by atoms with van der Waals surface area (Å²) in [7, 11) is 0. The van der Waals surface area contributed by atoms with E-state index >= 15 is 0 Å². The number of carbonyl (C=O) groups excluding carboxylic acids is 1. The highest BCUT2D eigenvalue weighted by Gasteiger charge is 2.54. The number of nitrogens with one attached hydrogen (secondary N) is 1. The van der Waals surface area contributed by atoms with Crippen LogP contribution < -0.4 is 5.32 Å². The number of rotatable bonds is 5. The molecule has 0 bridgehead atoms. The number of piperidine rings is 1. The molecule has 1 N–H and O–H groups in total. The molecule has 2 fully saturated rings. The fraction of sp³-hybridized carbons (Fsp3) is 0.682. The number of urea groups is 1. The lowest BCUT2D eigenvalue weighted by Crippen LogP contribution is -2.63.